The molecule has 0 aliphatic carbocycles. The molecule has 1 aliphatic heterocycles. The summed E-state index contributed by atoms with van der Waals surface area (Å²) < 4.78 is 20.5. The zero-order chi connectivity index (χ0) is 21.6. The zero-order valence-electron chi connectivity index (χ0n) is 17.8. The maximum absolute atomic E-state index is 13.7. The van der Waals surface area contributed by atoms with E-state index in [9.17, 15) is 9.18 Å². The summed E-state index contributed by atoms with van der Waals surface area (Å²) in [4.78, 5) is 17.1. The van der Waals surface area contributed by atoms with E-state index in [4.69, 9.17) is 4.74 Å². The van der Waals surface area contributed by atoms with Gasteiger partial charge >= 0.3 is 0 Å². The van der Waals surface area contributed by atoms with Crippen molar-refractivity contribution in [3.63, 3.8) is 0 Å². The van der Waals surface area contributed by atoms with Gasteiger partial charge in [0.15, 0.2) is 0 Å². The molecule has 1 aliphatic rings. The van der Waals surface area contributed by atoms with Crippen LogP contribution in [0.1, 0.15) is 19.3 Å². The second kappa shape index (κ2) is 9.87. The molecule has 1 aromatic heterocycles. The molecule has 1 saturated heterocycles. The van der Waals surface area contributed by atoms with Crippen LogP contribution in [0.4, 0.5) is 10.1 Å². The predicted octanol–water partition coefficient (Wildman–Crippen LogP) is 2.93. The van der Waals surface area contributed by atoms with Gasteiger partial charge in [0.05, 0.1) is 18.2 Å². The van der Waals surface area contributed by atoms with Crippen molar-refractivity contribution >= 4 is 16.6 Å². The van der Waals surface area contributed by atoms with E-state index in [-0.39, 0.29) is 11.4 Å². The summed E-state index contributed by atoms with van der Waals surface area (Å²) in [5.41, 5.74) is 1.39. The quantitative estimate of drug-likeness (QED) is 0.517. The van der Waals surface area contributed by atoms with Gasteiger partial charge in [-0.3, -0.25) is 9.69 Å². The number of aryl methyl sites for hydroxylation is 1. The molecule has 2 aromatic carbocycles. The summed E-state index contributed by atoms with van der Waals surface area (Å²) in [5, 5.41) is 8.80. The minimum Gasteiger partial charge on any atom is -0.495 e. The largest absolute Gasteiger partial charge is 0.495 e. The summed E-state index contributed by atoms with van der Waals surface area (Å²) in [6.07, 6.45) is 2.99. The van der Waals surface area contributed by atoms with Crippen molar-refractivity contribution in [2.24, 2.45) is 0 Å². The van der Waals surface area contributed by atoms with Crippen molar-refractivity contribution in [1.29, 1.82) is 0 Å². The molecule has 0 saturated carbocycles. The Balaban J connectivity index is 1.20. The van der Waals surface area contributed by atoms with Crippen LogP contribution in [0.25, 0.3) is 10.9 Å². The van der Waals surface area contributed by atoms with Crippen molar-refractivity contribution in [2.45, 2.75) is 25.8 Å². The lowest BCUT2D eigenvalue weighted by Gasteiger charge is -2.36. The fraction of sp³-hybridized carbons (Fsp3) is 0.435. The Labute approximate surface area is 181 Å². The van der Waals surface area contributed by atoms with Crippen LogP contribution >= 0.6 is 0 Å². The van der Waals surface area contributed by atoms with Crippen LogP contribution in [0, 0.1) is 5.82 Å². The SMILES string of the molecule is COc1ccc(F)cc1N1CCN(CCCCCn2nnc3ccccc3c2=O)CC1. The number of rotatable bonds is 8. The van der Waals surface area contributed by atoms with Crippen LogP contribution in [-0.4, -0.2) is 59.7 Å². The highest BCUT2D eigenvalue weighted by Gasteiger charge is 2.20. The number of ether oxygens (including phenoxy) is 1. The van der Waals surface area contributed by atoms with Crippen LogP contribution in [0.5, 0.6) is 5.75 Å². The number of fused-ring (bicyclic) bond motifs is 1. The number of aromatic nitrogens is 3. The lowest BCUT2D eigenvalue weighted by atomic mass is 10.2. The number of hydrogen-bond donors (Lipinski definition) is 0. The summed E-state index contributed by atoms with van der Waals surface area (Å²) in [6, 6.07) is 12.0. The van der Waals surface area contributed by atoms with Gasteiger partial charge in [0.25, 0.3) is 5.56 Å². The number of anilines is 1. The molecule has 3 aromatic rings. The Hall–Kier alpha value is -3.00. The number of nitrogens with zero attached hydrogens (tertiary/aromatic N) is 5. The van der Waals surface area contributed by atoms with Gasteiger partial charge in [-0.15, -0.1) is 5.10 Å². The molecule has 0 spiro atoms. The van der Waals surface area contributed by atoms with E-state index in [0.29, 0.717) is 23.2 Å². The van der Waals surface area contributed by atoms with Crippen LogP contribution in [0.2, 0.25) is 0 Å². The minimum atomic E-state index is -0.242. The van der Waals surface area contributed by atoms with Gasteiger partial charge in [0, 0.05) is 38.8 Å². The fourth-order valence-electron chi connectivity index (χ4n) is 4.07. The molecule has 8 heteroatoms. The average Bonchev–Trinajstić information content (AvgIpc) is 2.81. The molecule has 4 rings (SSSR count). The molecule has 31 heavy (non-hydrogen) atoms. The molecule has 164 valence electrons. The molecular weight excluding hydrogens is 397 g/mol. The molecule has 7 nitrogen and oxygen atoms in total. The van der Waals surface area contributed by atoms with Crippen molar-refractivity contribution in [2.75, 3.05) is 44.7 Å². The molecule has 2 heterocycles. The normalized spacial score (nSPS) is 14.8. The molecule has 1 fully saturated rings. The average molecular weight is 426 g/mol. The van der Waals surface area contributed by atoms with Crippen molar-refractivity contribution in [3.8, 4) is 5.75 Å². The summed E-state index contributed by atoms with van der Waals surface area (Å²) in [7, 11) is 1.62. The molecular formula is C23H28FN5O2. The second-order valence-electron chi connectivity index (χ2n) is 7.84. The van der Waals surface area contributed by atoms with Gasteiger partial charge < -0.3 is 9.64 Å². The van der Waals surface area contributed by atoms with Crippen LogP contribution < -0.4 is 15.2 Å². The first-order valence-electron chi connectivity index (χ1n) is 10.8. The molecule has 0 amide bonds. The Morgan fingerprint density at radius 1 is 1.00 bits per heavy atom. The highest BCUT2D eigenvalue weighted by molar-refractivity contribution is 5.76. The lowest BCUT2D eigenvalue weighted by molar-refractivity contribution is 0.250. The Bertz CT molecular complexity index is 1080. The molecule has 0 unspecified atom stereocenters. The van der Waals surface area contributed by atoms with E-state index in [1.54, 1.807) is 31.4 Å². The third kappa shape index (κ3) is 5.02. The van der Waals surface area contributed by atoms with Crippen molar-refractivity contribution in [1.82, 2.24) is 19.9 Å². The van der Waals surface area contributed by atoms with Gasteiger partial charge in [-0.05, 0) is 43.7 Å². The Kier molecular flexibility index (Phi) is 6.76. The van der Waals surface area contributed by atoms with E-state index < -0.39 is 0 Å². The monoisotopic (exact) mass is 425 g/mol. The Morgan fingerprint density at radius 3 is 2.58 bits per heavy atom. The number of methoxy groups -OCH3 is 1. The van der Waals surface area contributed by atoms with Gasteiger partial charge in [0.2, 0.25) is 0 Å². The number of benzene rings is 2. The first kappa shape index (κ1) is 21.2. The Morgan fingerprint density at radius 2 is 1.77 bits per heavy atom. The second-order valence-corrected chi connectivity index (χ2v) is 7.84. The van der Waals surface area contributed by atoms with E-state index in [2.05, 4.69) is 20.1 Å². The van der Waals surface area contributed by atoms with Gasteiger partial charge in [-0.2, -0.15) is 0 Å². The molecule has 0 N–H and O–H groups in total. The highest BCUT2D eigenvalue weighted by atomic mass is 19.1. The molecule has 0 radical (unpaired) electrons. The maximum atomic E-state index is 13.7. The number of hydrogen-bond acceptors (Lipinski definition) is 6. The third-order valence-corrected chi connectivity index (χ3v) is 5.83. The number of piperazine rings is 1. The van der Waals surface area contributed by atoms with E-state index in [1.165, 1.54) is 10.7 Å². The van der Waals surface area contributed by atoms with Gasteiger partial charge in [-0.25, -0.2) is 9.07 Å². The van der Waals surface area contributed by atoms with Crippen molar-refractivity contribution < 1.29 is 9.13 Å². The van der Waals surface area contributed by atoms with Crippen LogP contribution in [0.3, 0.4) is 0 Å². The predicted molar refractivity (Wildman–Crippen MR) is 119 cm³/mol. The third-order valence-electron chi connectivity index (χ3n) is 5.83. The maximum Gasteiger partial charge on any atom is 0.277 e. The van der Waals surface area contributed by atoms with E-state index >= 15 is 0 Å². The number of halogens is 1. The standard InChI is InChI=1S/C23H28FN5O2/c1-31-22-10-9-18(24)17-21(22)28-15-13-27(14-16-28)11-5-2-6-12-29-23(30)19-7-3-4-8-20(19)25-26-29/h3-4,7-10,17H,2,5-6,11-16H2,1H3. The van der Waals surface area contributed by atoms with Crippen LogP contribution in [-0.2, 0) is 6.54 Å². The number of unbranched alkanes of at least 4 members (excludes halogenated alkanes) is 2. The summed E-state index contributed by atoms with van der Waals surface area (Å²) in [5.74, 6) is 0.468. The lowest BCUT2D eigenvalue weighted by Crippen LogP contribution is -2.46. The van der Waals surface area contributed by atoms with Gasteiger partial charge in [0.1, 0.15) is 17.1 Å². The van der Waals surface area contributed by atoms with E-state index in [1.807, 2.05) is 12.1 Å². The van der Waals surface area contributed by atoms with Crippen molar-refractivity contribution in [3.05, 3.63) is 58.6 Å². The summed E-state index contributed by atoms with van der Waals surface area (Å²) >= 11 is 0. The summed E-state index contributed by atoms with van der Waals surface area (Å²) in [6.45, 7) is 5.19. The molecule has 0 bridgehead atoms. The highest BCUT2D eigenvalue weighted by Crippen LogP contribution is 2.29. The topological polar surface area (TPSA) is 63.5 Å². The first-order chi connectivity index (χ1) is 15.2. The van der Waals surface area contributed by atoms with Gasteiger partial charge in [-0.1, -0.05) is 23.8 Å². The smallest absolute Gasteiger partial charge is 0.277 e. The van der Waals surface area contributed by atoms with E-state index in [0.717, 1.165) is 57.7 Å². The van der Waals surface area contributed by atoms with Crippen LogP contribution in [0.15, 0.2) is 47.3 Å². The first-order valence-corrected chi connectivity index (χ1v) is 10.8. The zero-order valence-corrected chi connectivity index (χ0v) is 17.8. The minimum absolute atomic E-state index is 0.0745. The fourth-order valence-corrected chi connectivity index (χ4v) is 4.07. The molecule has 0 atom stereocenters.